The Labute approximate surface area is 105 Å². The van der Waals surface area contributed by atoms with Crippen LogP contribution in [0.4, 0.5) is 0 Å². The van der Waals surface area contributed by atoms with E-state index in [-0.39, 0.29) is 104 Å². The first kappa shape index (κ1) is 24.1. The monoisotopic (exact) mass is 310 g/mol. The van der Waals surface area contributed by atoms with E-state index in [1.807, 2.05) is 0 Å². The molecule has 5 heavy (non-hydrogen) atoms. The smallest absolute Gasteiger partial charge is 0 e. The minimum Gasteiger partial charge on any atom is 0 e. The van der Waals surface area contributed by atoms with Crippen molar-refractivity contribution in [3.63, 3.8) is 0 Å². The molecule has 0 bridgehead atoms. The maximum atomic E-state index is 8.42. The molecule has 0 amide bonds. The molecule has 0 aliphatic carbocycles. The van der Waals surface area contributed by atoms with E-state index >= 15 is 0 Å². The molecule has 0 N–H and O–H groups in total. The van der Waals surface area contributed by atoms with Gasteiger partial charge in [0.25, 0.3) is 0 Å². The molecule has 0 heterocycles. The van der Waals surface area contributed by atoms with Crippen LogP contribution in [0.1, 0.15) is 2.85 Å². The van der Waals surface area contributed by atoms with Crippen molar-refractivity contribution >= 4 is 81.9 Å². The number of hydrogen-bond donors (Lipinski definition) is 0. The van der Waals surface area contributed by atoms with Gasteiger partial charge in [0.2, 0.25) is 0 Å². The van der Waals surface area contributed by atoms with Crippen molar-refractivity contribution in [2.45, 2.75) is 0 Å². The van der Waals surface area contributed by atoms with Crippen LogP contribution in [0.25, 0.3) is 0 Å². The Kier molecular flexibility index (Phi) is 131. The van der Waals surface area contributed by atoms with Crippen LogP contribution in [-0.4, -0.2) is 81.9 Å². The summed E-state index contributed by atoms with van der Waals surface area (Å²) >= 11 is -0.1000. The zero-order chi connectivity index (χ0) is 2.00. The van der Waals surface area contributed by atoms with Gasteiger partial charge in [0.15, 0.2) is 0 Å². The number of rotatable bonds is 0. The van der Waals surface area contributed by atoms with E-state index in [1.165, 1.54) is 0 Å². The average molecular weight is 312 g/mol. The van der Waals surface area contributed by atoms with E-state index in [0.717, 1.165) is 0 Å². The number of hydrogen-bond acceptors (Lipinski definition) is 1. The molecule has 5 heteroatoms. The zero-order valence-electron chi connectivity index (χ0n) is 4.53. The molecule has 22 valence electrons. The largest absolute Gasteiger partial charge is 0 e. The predicted octanol–water partition coefficient (Wildman–Crippen LogP) is -2.11. The van der Waals surface area contributed by atoms with Crippen molar-refractivity contribution in [2.75, 3.05) is 0 Å². The molecule has 0 aromatic carbocycles. The Hall–Kier alpha value is 3.19. The molecular weight excluding hydrogens is 306 g/mol. The summed E-state index contributed by atoms with van der Waals surface area (Å²) in [4.78, 5) is 0. The Morgan fingerprint density at radius 1 is 1.40 bits per heavy atom. The molecule has 0 atom stereocenters. The molecule has 0 unspecified atom stereocenters. The predicted molar refractivity (Wildman–Crippen MR) is 25.8 cm³/mol. The molecule has 0 spiro atoms. The summed E-state index contributed by atoms with van der Waals surface area (Å²) < 4.78 is 8.42. The van der Waals surface area contributed by atoms with Gasteiger partial charge in [0.1, 0.15) is 0 Å². The van der Waals surface area contributed by atoms with Crippen molar-refractivity contribution in [1.82, 2.24) is 0 Å². The third-order valence-corrected chi connectivity index (χ3v) is 0. The van der Waals surface area contributed by atoms with E-state index in [0.29, 0.717) is 0 Å². The second-order valence-electron chi connectivity index (χ2n) is 0. The quantitative estimate of drug-likeness (QED) is 0.468. The fourth-order valence-corrected chi connectivity index (χ4v) is 0. The van der Waals surface area contributed by atoms with Gasteiger partial charge in [0, 0.05) is 19.5 Å². The molecule has 0 aliphatic rings. The standard InChI is InChI=1S/Ca.Ga.In.O.Zn.6H/q+2;;;;;;;;;2*-1. The van der Waals surface area contributed by atoms with Crippen LogP contribution in [0.2, 0.25) is 0 Å². The molecule has 0 fully saturated rings. The van der Waals surface area contributed by atoms with E-state index in [1.54, 1.807) is 0 Å². The Morgan fingerprint density at radius 3 is 1.40 bits per heavy atom. The average Bonchev–Trinajstić information content (AvgIpc) is 1.00. The molecule has 0 rings (SSSR count). The maximum Gasteiger partial charge on any atom is 0 e. The van der Waals surface area contributed by atoms with Gasteiger partial charge in [-0.3, -0.25) is 0 Å². The van der Waals surface area contributed by atoms with Crippen molar-refractivity contribution in [2.24, 2.45) is 0 Å². The fourth-order valence-electron chi connectivity index (χ4n) is 0. The van der Waals surface area contributed by atoms with Crippen LogP contribution < -0.4 is 0 Å². The Bertz CT molecular complexity index is 17.7. The summed E-state index contributed by atoms with van der Waals surface area (Å²) in [6.45, 7) is 0. The topological polar surface area (TPSA) is 17.1 Å². The second kappa shape index (κ2) is 27.1. The Balaban J connectivity index is -0.000000000500. The van der Waals surface area contributed by atoms with Gasteiger partial charge in [-0.05, 0) is 0 Å². The van der Waals surface area contributed by atoms with Gasteiger partial charge in [-0.1, -0.05) is 0 Å². The summed E-state index contributed by atoms with van der Waals surface area (Å²) in [5, 5.41) is 0. The molecule has 0 saturated heterocycles. The molecular formula is H6CaGaInOZn. The zero-order valence-corrected chi connectivity index (χ0v) is 11.7. The molecule has 0 aromatic rings. The summed E-state index contributed by atoms with van der Waals surface area (Å²) in [6.07, 6.45) is 0. The first-order chi connectivity index (χ1) is 1.00. The van der Waals surface area contributed by atoms with Gasteiger partial charge in [-0.2, -0.15) is 0 Å². The van der Waals surface area contributed by atoms with Crippen LogP contribution in [-0.2, 0) is 22.3 Å². The molecule has 0 saturated carbocycles. The van der Waals surface area contributed by atoms with Gasteiger partial charge < -0.3 is 2.85 Å². The minimum absolute atomic E-state index is 0. The molecule has 0 aliphatic heterocycles. The third kappa shape index (κ3) is 19.0. The van der Waals surface area contributed by atoms with Crippen LogP contribution in [0.5, 0.6) is 0 Å². The molecule has 0 aromatic heterocycles. The fraction of sp³-hybridized carbons (Fsp3) is 0. The second-order valence-corrected chi connectivity index (χ2v) is 0. The normalized spacial score (nSPS) is 0.600. The molecule has 1 nitrogen and oxygen atoms in total. The summed E-state index contributed by atoms with van der Waals surface area (Å²) in [5.74, 6) is 0. The Morgan fingerprint density at radius 2 is 1.40 bits per heavy atom. The molecule has 0 radical (unpaired) electrons. The summed E-state index contributed by atoms with van der Waals surface area (Å²) in [5.41, 5.74) is 0. The van der Waals surface area contributed by atoms with Gasteiger partial charge in [-0.15, -0.1) is 0 Å². The van der Waals surface area contributed by atoms with E-state index in [4.69, 9.17) is 2.85 Å². The third-order valence-electron chi connectivity index (χ3n) is 0. The van der Waals surface area contributed by atoms with Crippen LogP contribution in [0.15, 0.2) is 0 Å². The van der Waals surface area contributed by atoms with Crippen LogP contribution in [0, 0.1) is 0 Å². The minimum atomic E-state index is -0.1000. The van der Waals surface area contributed by atoms with E-state index in [2.05, 4.69) is 0 Å². The van der Waals surface area contributed by atoms with Crippen molar-refractivity contribution in [3.8, 4) is 0 Å². The van der Waals surface area contributed by atoms with Gasteiger partial charge in [0.05, 0.1) is 0 Å². The van der Waals surface area contributed by atoms with Crippen LogP contribution >= 0.6 is 0 Å². The van der Waals surface area contributed by atoms with Gasteiger partial charge in [-0.25, -0.2) is 0 Å². The summed E-state index contributed by atoms with van der Waals surface area (Å²) in [6, 6.07) is 0. The van der Waals surface area contributed by atoms with Crippen molar-refractivity contribution in [3.05, 3.63) is 0 Å². The van der Waals surface area contributed by atoms with E-state index < -0.39 is 0 Å². The van der Waals surface area contributed by atoms with Crippen molar-refractivity contribution < 1.29 is 25.2 Å². The first-order valence-electron chi connectivity index (χ1n) is 0.289. The maximum absolute atomic E-state index is 8.42. The first-order valence-corrected chi connectivity index (χ1v) is 1.94. The summed E-state index contributed by atoms with van der Waals surface area (Å²) in [7, 11) is 0. The van der Waals surface area contributed by atoms with Crippen molar-refractivity contribution in [1.29, 1.82) is 0 Å². The SMILES string of the molecule is [Ca+2].[GaH3].[H-].[H-].[O]=[InH].[Zn]. The van der Waals surface area contributed by atoms with E-state index in [9.17, 15) is 0 Å². The van der Waals surface area contributed by atoms with Crippen LogP contribution in [0.3, 0.4) is 0 Å². The van der Waals surface area contributed by atoms with Gasteiger partial charge >= 0.3 is 84.8 Å².